The third kappa shape index (κ3) is 3.47. The minimum atomic E-state index is -0.208. The summed E-state index contributed by atoms with van der Waals surface area (Å²) in [6, 6.07) is 15.8. The monoisotopic (exact) mass is 310 g/mol. The van der Waals surface area contributed by atoms with Gasteiger partial charge in [0, 0.05) is 11.8 Å². The van der Waals surface area contributed by atoms with E-state index in [1.807, 2.05) is 49.4 Å². The maximum absolute atomic E-state index is 12.5. The summed E-state index contributed by atoms with van der Waals surface area (Å²) in [5.41, 5.74) is 3.33. The Kier molecular flexibility index (Phi) is 4.51. The molecule has 2 N–H and O–H groups in total. The van der Waals surface area contributed by atoms with Gasteiger partial charge >= 0.3 is 0 Å². The van der Waals surface area contributed by atoms with Gasteiger partial charge in [-0.2, -0.15) is 0 Å². The van der Waals surface area contributed by atoms with Crippen LogP contribution in [0.15, 0.2) is 48.5 Å². The minimum absolute atomic E-state index is 0.00259. The second kappa shape index (κ2) is 6.73. The number of carbonyl (C=O) groups is 1. The average Bonchev–Trinajstić information content (AvgIpc) is 2.61. The summed E-state index contributed by atoms with van der Waals surface area (Å²) in [6.07, 6.45) is 1.69. The van der Waals surface area contributed by atoms with Gasteiger partial charge in [-0.15, -0.1) is 0 Å². The van der Waals surface area contributed by atoms with Crippen LogP contribution in [-0.2, 0) is 11.2 Å². The van der Waals surface area contributed by atoms with Crippen LogP contribution >= 0.6 is 0 Å². The van der Waals surface area contributed by atoms with Crippen LogP contribution in [-0.4, -0.2) is 19.1 Å². The maximum atomic E-state index is 12.5. The molecule has 3 rings (SSSR count). The molecule has 1 amide bonds. The van der Waals surface area contributed by atoms with Gasteiger partial charge in [-0.1, -0.05) is 36.4 Å². The molecule has 23 heavy (non-hydrogen) atoms. The van der Waals surface area contributed by atoms with Crippen molar-refractivity contribution >= 4 is 11.6 Å². The van der Waals surface area contributed by atoms with Crippen molar-refractivity contribution in [3.05, 3.63) is 59.7 Å². The number of hydrogen-bond acceptors (Lipinski definition) is 3. The van der Waals surface area contributed by atoms with E-state index in [1.54, 1.807) is 7.11 Å². The Hall–Kier alpha value is -2.49. The van der Waals surface area contributed by atoms with Crippen LogP contribution in [0, 0.1) is 0 Å². The average molecular weight is 310 g/mol. The van der Waals surface area contributed by atoms with Crippen LogP contribution in [0.4, 0.5) is 5.69 Å². The Labute approximate surface area is 136 Å². The normalized spacial score (nSPS) is 17.6. The zero-order valence-corrected chi connectivity index (χ0v) is 13.5. The summed E-state index contributed by atoms with van der Waals surface area (Å²) in [7, 11) is 1.65. The molecule has 1 aliphatic rings. The second-order valence-electron chi connectivity index (χ2n) is 5.90. The van der Waals surface area contributed by atoms with E-state index >= 15 is 0 Å². The molecule has 120 valence electrons. The van der Waals surface area contributed by atoms with Crippen LogP contribution in [0.2, 0.25) is 0 Å². The van der Waals surface area contributed by atoms with Crippen molar-refractivity contribution in [3.63, 3.8) is 0 Å². The number of methoxy groups -OCH3 is 1. The highest BCUT2D eigenvalue weighted by molar-refractivity contribution is 5.86. The maximum Gasteiger partial charge on any atom is 0.242 e. The first-order valence-electron chi connectivity index (χ1n) is 7.96. The van der Waals surface area contributed by atoms with Crippen molar-refractivity contribution < 1.29 is 9.53 Å². The molecule has 1 heterocycles. The number of aryl methyl sites for hydroxylation is 1. The summed E-state index contributed by atoms with van der Waals surface area (Å²) in [4.78, 5) is 12.5. The summed E-state index contributed by atoms with van der Waals surface area (Å²) in [5, 5.41) is 6.43. The van der Waals surface area contributed by atoms with Crippen LogP contribution in [0.1, 0.15) is 30.5 Å². The molecule has 4 nitrogen and oxygen atoms in total. The van der Waals surface area contributed by atoms with Crippen molar-refractivity contribution in [2.75, 3.05) is 12.4 Å². The van der Waals surface area contributed by atoms with E-state index in [-0.39, 0.29) is 18.0 Å². The Balaban J connectivity index is 1.67. The van der Waals surface area contributed by atoms with E-state index in [9.17, 15) is 4.79 Å². The summed E-state index contributed by atoms with van der Waals surface area (Å²) in [5.74, 6) is 0.838. The van der Waals surface area contributed by atoms with Gasteiger partial charge in [0.15, 0.2) is 0 Å². The van der Waals surface area contributed by atoms with Gasteiger partial charge in [0.25, 0.3) is 0 Å². The second-order valence-corrected chi connectivity index (χ2v) is 5.90. The van der Waals surface area contributed by atoms with Crippen molar-refractivity contribution in [3.8, 4) is 5.75 Å². The lowest BCUT2D eigenvalue weighted by molar-refractivity contribution is -0.122. The predicted octanol–water partition coefficient (Wildman–Crippen LogP) is 3.30. The van der Waals surface area contributed by atoms with Crippen LogP contribution in [0.3, 0.4) is 0 Å². The third-order valence-electron chi connectivity index (χ3n) is 4.32. The van der Waals surface area contributed by atoms with Gasteiger partial charge in [-0.3, -0.25) is 4.79 Å². The van der Waals surface area contributed by atoms with Crippen LogP contribution < -0.4 is 15.4 Å². The van der Waals surface area contributed by atoms with E-state index in [2.05, 4.69) is 16.7 Å². The quantitative estimate of drug-likeness (QED) is 0.911. The lowest BCUT2D eigenvalue weighted by Gasteiger charge is -2.28. The lowest BCUT2D eigenvalue weighted by Crippen LogP contribution is -2.42. The van der Waals surface area contributed by atoms with Crippen molar-refractivity contribution in [2.45, 2.75) is 31.8 Å². The summed E-state index contributed by atoms with van der Waals surface area (Å²) >= 11 is 0. The smallest absolute Gasteiger partial charge is 0.242 e. The number of amides is 1. The standard InChI is InChI=1S/C19H22N2O2/c1-13(14-6-4-3-5-7-14)20-19(22)17-11-9-15-8-10-16(23-2)12-18(15)21-17/h3-8,10,12-13,17,21H,9,11H2,1-2H3,(H,20,22)/t13-,17-/m0/s1. The zero-order chi connectivity index (χ0) is 16.2. The number of carbonyl (C=O) groups excluding carboxylic acids is 1. The molecule has 0 saturated heterocycles. The largest absolute Gasteiger partial charge is 0.497 e. The molecule has 0 radical (unpaired) electrons. The summed E-state index contributed by atoms with van der Waals surface area (Å²) in [6.45, 7) is 2.01. The summed E-state index contributed by atoms with van der Waals surface area (Å²) < 4.78 is 5.26. The number of hydrogen-bond donors (Lipinski definition) is 2. The molecule has 0 unspecified atom stereocenters. The lowest BCUT2D eigenvalue weighted by atomic mass is 9.97. The first kappa shape index (κ1) is 15.4. The van der Waals surface area contributed by atoms with E-state index in [0.29, 0.717) is 0 Å². The molecule has 2 aromatic carbocycles. The third-order valence-corrected chi connectivity index (χ3v) is 4.32. The fourth-order valence-electron chi connectivity index (χ4n) is 2.93. The Morgan fingerprint density at radius 1 is 1.26 bits per heavy atom. The number of ether oxygens (including phenoxy) is 1. The Morgan fingerprint density at radius 3 is 2.78 bits per heavy atom. The van der Waals surface area contributed by atoms with Crippen molar-refractivity contribution in [1.29, 1.82) is 0 Å². The molecule has 0 saturated carbocycles. The molecule has 0 spiro atoms. The molecule has 2 atom stereocenters. The van der Waals surface area contributed by atoms with Crippen LogP contribution in [0.5, 0.6) is 5.75 Å². The molecule has 0 fully saturated rings. The molecule has 1 aliphatic heterocycles. The first-order valence-corrected chi connectivity index (χ1v) is 7.96. The molecule has 2 aromatic rings. The highest BCUT2D eigenvalue weighted by atomic mass is 16.5. The number of nitrogens with one attached hydrogen (secondary N) is 2. The molecule has 0 aliphatic carbocycles. The number of benzene rings is 2. The number of anilines is 1. The molecule has 0 aromatic heterocycles. The van der Waals surface area contributed by atoms with E-state index in [0.717, 1.165) is 29.8 Å². The Bertz CT molecular complexity index is 685. The Morgan fingerprint density at radius 2 is 2.04 bits per heavy atom. The predicted molar refractivity (Wildman–Crippen MR) is 91.7 cm³/mol. The zero-order valence-electron chi connectivity index (χ0n) is 13.5. The van der Waals surface area contributed by atoms with Gasteiger partial charge in [0.2, 0.25) is 5.91 Å². The van der Waals surface area contributed by atoms with Gasteiger partial charge in [0.05, 0.1) is 13.2 Å². The van der Waals surface area contributed by atoms with E-state index in [1.165, 1.54) is 5.56 Å². The van der Waals surface area contributed by atoms with Crippen LogP contribution in [0.25, 0.3) is 0 Å². The van der Waals surface area contributed by atoms with E-state index < -0.39 is 0 Å². The van der Waals surface area contributed by atoms with Gasteiger partial charge in [0.1, 0.15) is 11.8 Å². The highest BCUT2D eigenvalue weighted by Gasteiger charge is 2.25. The molecule has 4 heteroatoms. The topological polar surface area (TPSA) is 50.4 Å². The molecule has 0 bridgehead atoms. The van der Waals surface area contributed by atoms with Gasteiger partial charge in [-0.25, -0.2) is 0 Å². The van der Waals surface area contributed by atoms with Crippen molar-refractivity contribution in [2.24, 2.45) is 0 Å². The van der Waals surface area contributed by atoms with Gasteiger partial charge < -0.3 is 15.4 Å². The highest BCUT2D eigenvalue weighted by Crippen LogP contribution is 2.29. The SMILES string of the molecule is COc1ccc2c(c1)N[C@H](C(=O)N[C@@H](C)c1ccccc1)CC2. The van der Waals surface area contributed by atoms with Gasteiger partial charge in [-0.05, 0) is 37.0 Å². The fraction of sp³-hybridized carbons (Fsp3) is 0.316. The van der Waals surface area contributed by atoms with E-state index in [4.69, 9.17) is 4.74 Å². The molecular formula is C19H22N2O2. The minimum Gasteiger partial charge on any atom is -0.497 e. The number of rotatable bonds is 4. The fourth-order valence-corrected chi connectivity index (χ4v) is 2.93. The van der Waals surface area contributed by atoms with Crippen molar-refractivity contribution in [1.82, 2.24) is 5.32 Å². The molecular weight excluding hydrogens is 288 g/mol. The number of fused-ring (bicyclic) bond motifs is 1. The first-order chi connectivity index (χ1) is 11.2.